The number of amides is 1. The van der Waals surface area contributed by atoms with E-state index in [9.17, 15) is 13.2 Å². The molecule has 2 aromatic carbocycles. The highest BCUT2D eigenvalue weighted by atomic mass is 32.2. The van der Waals surface area contributed by atoms with Crippen LogP contribution in [-0.4, -0.2) is 25.4 Å². The zero-order valence-electron chi connectivity index (χ0n) is 17.3. The fraction of sp³-hybridized carbons (Fsp3) is 0.273. The van der Waals surface area contributed by atoms with Crippen molar-refractivity contribution in [3.63, 3.8) is 0 Å². The molecule has 3 rings (SSSR count). The number of hydrogen-bond acceptors (Lipinski definition) is 5. The third kappa shape index (κ3) is 5.14. The van der Waals surface area contributed by atoms with Crippen molar-refractivity contribution in [2.24, 2.45) is 0 Å². The molecule has 1 aromatic heterocycles. The van der Waals surface area contributed by atoms with Crippen LogP contribution in [-0.2, 0) is 14.8 Å². The van der Waals surface area contributed by atoms with E-state index in [0.717, 1.165) is 16.9 Å². The number of nitrogens with one attached hydrogen (secondary N) is 2. The Kier molecular flexibility index (Phi) is 6.38. The van der Waals surface area contributed by atoms with Crippen LogP contribution >= 0.6 is 0 Å². The van der Waals surface area contributed by atoms with Crippen LogP contribution in [0.4, 0.5) is 5.69 Å². The first-order chi connectivity index (χ1) is 14.2. The number of carbonyl (C=O) groups excluding carboxylic acids is 1. The molecule has 0 aliphatic carbocycles. The number of oxazole rings is 1. The fourth-order valence-electron chi connectivity index (χ4n) is 2.71. The van der Waals surface area contributed by atoms with E-state index in [1.807, 2.05) is 20.8 Å². The van der Waals surface area contributed by atoms with Gasteiger partial charge in [0.05, 0.1) is 17.1 Å². The second-order valence-electron chi connectivity index (χ2n) is 7.45. The first kappa shape index (κ1) is 21.7. The summed E-state index contributed by atoms with van der Waals surface area (Å²) in [4.78, 5) is 16.8. The van der Waals surface area contributed by atoms with Gasteiger partial charge in [0.25, 0.3) is 0 Å². The second kappa shape index (κ2) is 8.81. The maximum Gasteiger partial charge on any atom is 0.242 e. The van der Waals surface area contributed by atoms with Crippen molar-refractivity contribution >= 4 is 21.6 Å². The van der Waals surface area contributed by atoms with E-state index in [0.29, 0.717) is 11.6 Å². The predicted octanol–water partition coefficient (Wildman–Crippen LogP) is 4.08. The van der Waals surface area contributed by atoms with Crippen molar-refractivity contribution < 1.29 is 17.6 Å². The summed E-state index contributed by atoms with van der Waals surface area (Å²) in [5.74, 6) is 1.10. The molecule has 1 amide bonds. The van der Waals surface area contributed by atoms with Gasteiger partial charge in [0.2, 0.25) is 21.8 Å². The van der Waals surface area contributed by atoms with Gasteiger partial charge in [0.15, 0.2) is 0 Å². The maximum absolute atomic E-state index is 12.5. The van der Waals surface area contributed by atoms with Gasteiger partial charge in [-0.2, -0.15) is 4.72 Å². The first-order valence-corrected chi connectivity index (χ1v) is 11.1. The van der Waals surface area contributed by atoms with Gasteiger partial charge in [-0.1, -0.05) is 31.5 Å². The number of aromatic nitrogens is 1. The minimum atomic E-state index is -3.79. The average Bonchev–Trinajstić information content (AvgIpc) is 3.19. The van der Waals surface area contributed by atoms with Crippen LogP contribution in [0, 0.1) is 6.92 Å². The summed E-state index contributed by atoms with van der Waals surface area (Å²) >= 11 is 0. The van der Waals surface area contributed by atoms with Crippen molar-refractivity contribution in [2.75, 3.05) is 5.32 Å². The molecular weight excluding hydrogens is 402 g/mol. The molecule has 158 valence electrons. The molecule has 0 fully saturated rings. The Morgan fingerprint density at radius 3 is 2.20 bits per heavy atom. The normalized spacial score (nSPS) is 12.7. The van der Waals surface area contributed by atoms with Gasteiger partial charge < -0.3 is 9.73 Å². The third-order valence-corrected chi connectivity index (χ3v) is 6.11. The summed E-state index contributed by atoms with van der Waals surface area (Å²) < 4.78 is 33.0. The summed E-state index contributed by atoms with van der Waals surface area (Å²) in [6.45, 7) is 7.42. The molecule has 0 saturated carbocycles. The highest BCUT2D eigenvalue weighted by molar-refractivity contribution is 7.89. The number of benzene rings is 2. The molecule has 2 N–H and O–H groups in total. The van der Waals surface area contributed by atoms with E-state index >= 15 is 0 Å². The zero-order chi connectivity index (χ0) is 21.9. The molecule has 0 unspecified atom stereocenters. The van der Waals surface area contributed by atoms with Gasteiger partial charge in [-0.15, -0.1) is 0 Å². The van der Waals surface area contributed by atoms with Crippen LogP contribution in [0.25, 0.3) is 11.5 Å². The first-order valence-electron chi connectivity index (χ1n) is 9.62. The summed E-state index contributed by atoms with van der Waals surface area (Å²) in [6.07, 6.45) is 1.71. The van der Waals surface area contributed by atoms with Crippen molar-refractivity contribution in [1.29, 1.82) is 0 Å². The Bertz CT molecular complexity index is 1120. The Hall–Kier alpha value is -2.97. The van der Waals surface area contributed by atoms with Crippen LogP contribution in [0.1, 0.15) is 38.0 Å². The molecule has 0 saturated heterocycles. The summed E-state index contributed by atoms with van der Waals surface area (Å²) in [6, 6.07) is 12.5. The van der Waals surface area contributed by atoms with Gasteiger partial charge in [0.1, 0.15) is 5.76 Å². The third-order valence-electron chi connectivity index (χ3n) is 4.55. The molecule has 0 aliphatic rings. The summed E-state index contributed by atoms with van der Waals surface area (Å²) in [5.41, 5.74) is 2.28. The lowest BCUT2D eigenvalue weighted by Gasteiger charge is -2.15. The Labute approximate surface area is 176 Å². The number of rotatable bonds is 7. The molecule has 0 bridgehead atoms. The molecule has 7 nitrogen and oxygen atoms in total. The predicted molar refractivity (Wildman–Crippen MR) is 116 cm³/mol. The van der Waals surface area contributed by atoms with E-state index in [2.05, 4.69) is 15.0 Å². The number of sulfonamides is 1. The van der Waals surface area contributed by atoms with Gasteiger partial charge in [-0.3, -0.25) is 4.79 Å². The molecule has 8 heteroatoms. The smallest absolute Gasteiger partial charge is 0.242 e. The average molecular weight is 428 g/mol. The Balaban J connectivity index is 1.64. The molecule has 1 heterocycles. The highest BCUT2D eigenvalue weighted by Gasteiger charge is 2.22. The van der Waals surface area contributed by atoms with E-state index in [1.54, 1.807) is 42.6 Å². The van der Waals surface area contributed by atoms with Gasteiger partial charge in [-0.25, -0.2) is 13.4 Å². The topological polar surface area (TPSA) is 101 Å². The standard InChI is InChI=1S/C22H25N3O4S/c1-14(2)20-13-23-22(29-20)17-7-9-18(10-8-17)24-21(26)16(4)25-30(27,28)19-11-5-15(3)6-12-19/h5-14,16,25H,1-4H3,(H,24,26)/t16-/m0/s1. The quantitative estimate of drug-likeness (QED) is 0.592. The number of anilines is 1. The Morgan fingerprint density at radius 1 is 1.00 bits per heavy atom. The van der Waals surface area contributed by atoms with Gasteiger partial charge in [-0.05, 0) is 50.2 Å². The molecule has 0 spiro atoms. The van der Waals surface area contributed by atoms with Crippen molar-refractivity contribution in [1.82, 2.24) is 9.71 Å². The number of nitrogens with zero attached hydrogens (tertiary/aromatic N) is 1. The van der Waals surface area contributed by atoms with Crippen molar-refractivity contribution in [3.8, 4) is 11.5 Å². The maximum atomic E-state index is 12.5. The van der Waals surface area contributed by atoms with Crippen LogP contribution in [0.3, 0.4) is 0 Å². The lowest BCUT2D eigenvalue weighted by atomic mass is 10.2. The molecule has 30 heavy (non-hydrogen) atoms. The van der Waals surface area contributed by atoms with Crippen molar-refractivity contribution in [2.45, 2.75) is 44.6 Å². The van der Waals surface area contributed by atoms with E-state index in [1.165, 1.54) is 19.1 Å². The van der Waals surface area contributed by atoms with Crippen LogP contribution in [0.15, 0.2) is 64.0 Å². The van der Waals surface area contributed by atoms with Gasteiger partial charge >= 0.3 is 0 Å². The fourth-order valence-corrected chi connectivity index (χ4v) is 3.91. The lowest BCUT2D eigenvalue weighted by molar-refractivity contribution is -0.117. The van der Waals surface area contributed by atoms with Crippen LogP contribution < -0.4 is 10.0 Å². The largest absolute Gasteiger partial charge is 0.441 e. The van der Waals surface area contributed by atoms with Crippen LogP contribution in [0.2, 0.25) is 0 Å². The van der Waals surface area contributed by atoms with Crippen LogP contribution in [0.5, 0.6) is 0 Å². The minimum Gasteiger partial charge on any atom is -0.441 e. The number of carbonyl (C=O) groups is 1. The van der Waals surface area contributed by atoms with E-state index in [4.69, 9.17) is 4.42 Å². The van der Waals surface area contributed by atoms with Crippen molar-refractivity contribution in [3.05, 3.63) is 66.1 Å². The lowest BCUT2D eigenvalue weighted by Crippen LogP contribution is -2.41. The molecule has 1 atom stereocenters. The highest BCUT2D eigenvalue weighted by Crippen LogP contribution is 2.24. The zero-order valence-corrected chi connectivity index (χ0v) is 18.2. The van der Waals surface area contributed by atoms with E-state index < -0.39 is 22.0 Å². The minimum absolute atomic E-state index is 0.115. The number of hydrogen-bond donors (Lipinski definition) is 2. The summed E-state index contributed by atoms with van der Waals surface area (Å²) in [5, 5.41) is 2.71. The monoisotopic (exact) mass is 427 g/mol. The second-order valence-corrected chi connectivity index (χ2v) is 9.16. The number of aryl methyl sites for hydroxylation is 1. The molecule has 0 aliphatic heterocycles. The molecule has 0 radical (unpaired) electrons. The molecule has 3 aromatic rings. The van der Waals surface area contributed by atoms with Gasteiger partial charge in [0, 0.05) is 17.2 Å². The Morgan fingerprint density at radius 2 is 1.63 bits per heavy atom. The van der Waals surface area contributed by atoms with E-state index in [-0.39, 0.29) is 10.8 Å². The SMILES string of the molecule is Cc1ccc(S(=O)(=O)N[C@@H](C)C(=O)Nc2ccc(-c3ncc(C(C)C)o3)cc2)cc1. The molecular formula is C22H25N3O4S. The summed E-state index contributed by atoms with van der Waals surface area (Å²) in [7, 11) is -3.79.